The van der Waals surface area contributed by atoms with Crippen LogP contribution >= 0.6 is 0 Å². The Kier molecular flexibility index (Phi) is 9.34. The molecule has 2 aliphatic heterocycles. The first-order chi connectivity index (χ1) is 17.4. The monoisotopic (exact) mass is 513 g/mol. The van der Waals surface area contributed by atoms with Gasteiger partial charge in [-0.25, -0.2) is 0 Å². The predicted molar refractivity (Wildman–Crippen MR) is 144 cm³/mol. The van der Waals surface area contributed by atoms with Crippen molar-refractivity contribution < 1.29 is 19.2 Å². The highest BCUT2D eigenvalue weighted by Crippen LogP contribution is 2.31. The molecular weight excluding hydrogens is 470 g/mol. The Morgan fingerprint density at radius 3 is 2.22 bits per heavy atom. The summed E-state index contributed by atoms with van der Waals surface area (Å²) in [4.78, 5) is 57.9. The molecule has 0 bridgehead atoms. The molecule has 0 aromatic heterocycles. The normalized spacial score (nSPS) is 20.8. The van der Waals surface area contributed by atoms with E-state index in [0.717, 1.165) is 12.1 Å². The quantitative estimate of drug-likeness (QED) is 0.495. The highest BCUT2D eigenvalue weighted by atomic mass is 16.2. The topological polar surface area (TPSA) is 116 Å². The SMILES string of the molecule is CC(C)CC[C@H](N)C(=O)N1CC(=O)[C@@H]2C1CCN2C(=O)C(CC(C)C)NC(=O)c1ccc(N(C)C)cc1. The van der Waals surface area contributed by atoms with E-state index in [-0.39, 0.29) is 42.0 Å². The van der Waals surface area contributed by atoms with Crippen LogP contribution in [-0.2, 0) is 14.4 Å². The average molecular weight is 514 g/mol. The minimum absolute atomic E-state index is 0.0211. The number of carbonyl (C=O) groups is 4. The molecule has 2 heterocycles. The first kappa shape index (κ1) is 28.6. The molecule has 1 aromatic rings. The molecule has 2 saturated heterocycles. The number of nitrogens with zero attached hydrogens (tertiary/aromatic N) is 3. The number of amides is 3. The molecule has 1 aromatic carbocycles. The maximum atomic E-state index is 13.7. The zero-order valence-electron chi connectivity index (χ0n) is 23.1. The van der Waals surface area contributed by atoms with Gasteiger partial charge in [-0.3, -0.25) is 19.2 Å². The molecule has 0 aliphatic carbocycles. The van der Waals surface area contributed by atoms with Gasteiger partial charge in [0.15, 0.2) is 5.78 Å². The Labute approximate surface area is 220 Å². The van der Waals surface area contributed by atoms with Crippen LogP contribution in [-0.4, -0.2) is 84.7 Å². The van der Waals surface area contributed by atoms with Gasteiger partial charge in [-0.15, -0.1) is 0 Å². The van der Waals surface area contributed by atoms with Crippen LogP contribution in [0.1, 0.15) is 63.7 Å². The van der Waals surface area contributed by atoms with E-state index < -0.39 is 18.1 Å². The third-order valence-electron chi connectivity index (χ3n) is 7.32. The third kappa shape index (κ3) is 6.69. The highest BCUT2D eigenvalue weighted by Gasteiger charge is 2.52. The fourth-order valence-corrected chi connectivity index (χ4v) is 5.25. The second kappa shape index (κ2) is 12.1. The van der Waals surface area contributed by atoms with Crippen LogP contribution < -0.4 is 16.0 Å². The van der Waals surface area contributed by atoms with E-state index in [0.29, 0.717) is 37.3 Å². The van der Waals surface area contributed by atoms with E-state index in [1.54, 1.807) is 21.9 Å². The number of Topliss-reactive ketones (excluding diaryl/α,β-unsaturated/α-hetero) is 1. The number of anilines is 1. The minimum atomic E-state index is -0.759. The lowest BCUT2D eigenvalue weighted by Crippen LogP contribution is -2.53. The number of ketones is 1. The molecule has 0 saturated carbocycles. The van der Waals surface area contributed by atoms with Crippen LogP contribution in [0.15, 0.2) is 24.3 Å². The summed E-state index contributed by atoms with van der Waals surface area (Å²) in [7, 11) is 3.85. The first-order valence-corrected chi connectivity index (χ1v) is 13.4. The molecule has 37 heavy (non-hydrogen) atoms. The summed E-state index contributed by atoms with van der Waals surface area (Å²) in [5, 5.41) is 2.91. The molecule has 4 atom stereocenters. The van der Waals surface area contributed by atoms with Gasteiger partial charge in [-0.1, -0.05) is 27.7 Å². The first-order valence-electron chi connectivity index (χ1n) is 13.4. The van der Waals surface area contributed by atoms with Crippen molar-refractivity contribution in [2.45, 2.75) is 77.5 Å². The van der Waals surface area contributed by atoms with Crippen molar-refractivity contribution in [2.24, 2.45) is 17.6 Å². The number of nitrogens with two attached hydrogens (primary N) is 1. The van der Waals surface area contributed by atoms with Crippen molar-refractivity contribution >= 4 is 29.2 Å². The number of carbonyl (C=O) groups excluding carboxylic acids is 4. The summed E-state index contributed by atoms with van der Waals surface area (Å²) in [5.41, 5.74) is 7.61. The Bertz CT molecular complexity index is 991. The number of likely N-dealkylation sites (tertiary alicyclic amines) is 2. The number of hydrogen-bond acceptors (Lipinski definition) is 6. The lowest BCUT2D eigenvalue weighted by Gasteiger charge is -2.29. The lowest BCUT2D eigenvalue weighted by atomic mass is 10.0. The van der Waals surface area contributed by atoms with Gasteiger partial charge in [0.1, 0.15) is 12.1 Å². The number of fused-ring (bicyclic) bond motifs is 1. The molecule has 2 unspecified atom stereocenters. The van der Waals surface area contributed by atoms with Crippen molar-refractivity contribution in [2.75, 3.05) is 32.1 Å². The van der Waals surface area contributed by atoms with Crippen LogP contribution in [0.4, 0.5) is 5.69 Å². The Balaban J connectivity index is 1.72. The number of nitrogens with one attached hydrogen (secondary N) is 1. The van der Waals surface area contributed by atoms with Gasteiger partial charge < -0.3 is 25.8 Å². The number of hydrogen-bond donors (Lipinski definition) is 2. The van der Waals surface area contributed by atoms with Crippen molar-refractivity contribution in [3.63, 3.8) is 0 Å². The molecule has 2 fully saturated rings. The summed E-state index contributed by atoms with van der Waals surface area (Å²) in [6.45, 7) is 8.49. The van der Waals surface area contributed by atoms with E-state index in [2.05, 4.69) is 19.2 Å². The van der Waals surface area contributed by atoms with E-state index >= 15 is 0 Å². The van der Waals surface area contributed by atoms with E-state index in [4.69, 9.17) is 5.73 Å². The molecule has 0 spiro atoms. The van der Waals surface area contributed by atoms with Crippen LogP contribution in [0.5, 0.6) is 0 Å². The predicted octanol–water partition coefficient (Wildman–Crippen LogP) is 2.04. The smallest absolute Gasteiger partial charge is 0.251 e. The Morgan fingerprint density at radius 2 is 1.65 bits per heavy atom. The summed E-state index contributed by atoms with van der Waals surface area (Å²) >= 11 is 0. The molecule has 3 N–H and O–H groups in total. The molecule has 2 aliphatic rings. The van der Waals surface area contributed by atoms with Gasteiger partial charge in [-0.2, -0.15) is 0 Å². The van der Waals surface area contributed by atoms with Gasteiger partial charge in [-0.05, 0) is 61.8 Å². The molecule has 204 valence electrons. The van der Waals surface area contributed by atoms with Crippen molar-refractivity contribution in [1.29, 1.82) is 0 Å². The van der Waals surface area contributed by atoms with Crippen LogP contribution in [0.3, 0.4) is 0 Å². The minimum Gasteiger partial charge on any atom is -0.378 e. The third-order valence-corrected chi connectivity index (χ3v) is 7.32. The maximum Gasteiger partial charge on any atom is 0.251 e. The molecule has 3 amide bonds. The van der Waals surface area contributed by atoms with Gasteiger partial charge in [0.2, 0.25) is 11.8 Å². The van der Waals surface area contributed by atoms with Crippen molar-refractivity contribution in [1.82, 2.24) is 15.1 Å². The van der Waals surface area contributed by atoms with Crippen molar-refractivity contribution in [3.8, 4) is 0 Å². The highest BCUT2D eigenvalue weighted by molar-refractivity contribution is 6.01. The zero-order valence-corrected chi connectivity index (χ0v) is 23.1. The van der Waals surface area contributed by atoms with E-state index in [1.807, 2.05) is 45.0 Å². The van der Waals surface area contributed by atoms with Gasteiger partial charge in [0, 0.05) is 31.9 Å². The van der Waals surface area contributed by atoms with Gasteiger partial charge in [0.25, 0.3) is 5.91 Å². The Hall–Kier alpha value is -2.94. The molecule has 9 heteroatoms. The van der Waals surface area contributed by atoms with Crippen LogP contribution in [0.25, 0.3) is 0 Å². The van der Waals surface area contributed by atoms with E-state index in [1.165, 1.54) is 0 Å². The number of rotatable bonds is 10. The second-order valence-corrected chi connectivity index (χ2v) is 11.4. The zero-order chi connectivity index (χ0) is 27.4. The van der Waals surface area contributed by atoms with Gasteiger partial charge in [0.05, 0.1) is 18.6 Å². The molecule has 3 rings (SSSR count). The Morgan fingerprint density at radius 1 is 1.00 bits per heavy atom. The summed E-state index contributed by atoms with van der Waals surface area (Å²) in [6, 6.07) is 4.74. The molecule has 9 nitrogen and oxygen atoms in total. The van der Waals surface area contributed by atoms with Crippen LogP contribution in [0, 0.1) is 11.8 Å². The second-order valence-electron chi connectivity index (χ2n) is 11.4. The average Bonchev–Trinajstić information content (AvgIpc) is 3.42. The standard InChI is InChI=1S/C28H43N5O4/c1-17(2)7-12-21(29)27(36)33-16-24(34)25-23(33)13-14-32(25)28(37)22(15-18(3)4)30-26(35)19-8-10-20(11-9-19)31(5)6/h8-11,17-18,21-23,25H,7,12-16,29H2,1-6H3,(H,30,35)/t21-,22?,23?,25-/m0/s1. The largest absolute Gasteiger partial charge is 0.378 e. The van der Waals surface area contributed by atoms with Gasteiger partial charge >= 0.3 is 0 Å². The van der Waals surface area contributed by atoms with Crippen LogP contribution in [0.2, 0.25) is 0 Å². The summed E-state index contributed by atoms with van der Waals surface area (Å²) in [6.07, 6.45) is 2.38. The molecular formula is C28H43N5O4. The number of benzene rings is 1. The van der Waals surface area contributed by atoms with E-state index in [9.17, 15) is 19.2 Å². The fraction of sp³-hybridized carbons (Fsp3) is 0.643. The maximum absolute atomic E-state index is 13.7. The van der Waals surface area contributed by atoms with Crippen molar-refractivity contribution in [3.05, 3.63) is 29.8 Å². The fourth-order valence-electron chi connectivity index (χ4n) is 5.25. The summed E-state index contributed by atoms with van der Waals surface area (Å²) in [5.74, 6) is -0.374. The molecule has 0 radical (unpaired) electrons. The lowest BCUT2D eigenvalue weighted by molar-refractivity contribution is -0.138. The summed E-state index contributed by atoms with van der Waals surface area (Å²) < 4.78 is 0.